The Morgan fingerprint density at radius 2 is 2.20 bits per heavy atom. The summed E-state index contributed by atoms with van der Waals surface area (Å²) in [6, 6.07) is 8.51. The zero-order chi connectivity index (χ0) is 17.6. The minimum atomic E-state index is -0.735. The molecule has 0 N–H and O–H groups in total. The lowest BCUT2D eigenvalue weighted by atomic mass is 10.0. The van der Waals surface area contributed by atoms with Gasteiger partial charge in [0, 0.05) is 18.1 Å². The van der Waals surface area contributed by atoms with Crippen molar-refractivity contribution in [2.45, 2.75) is 25.5 Å². The number of piperidine rings is 1. The third kappa shape index (κ3) is 3.85. The van der Waals surface area contributed by atoms with Crippen LogP contribution in [0.25, 0.3) is 0 Å². The number of ether oxygens (including phenoxy) is 1. The average molecular weight is 359 g/mol. The Kier molecular flexibility index (Phi) is 5.39. The van der Waals surface area contributed by atoms with Crippen molar-refractivity contribution in [3.05, 3.63) is 47.5 Å². The van der Waals surface area contributed by atoms with Crippen molar-refractivity contribution in [2.75, 3.05) is 11.4 Å². The van der Waals surface area contributed by atoms with E-state index in [4.69, 9.17) is 4.74 Å². The monoisotopic (exact) mass is 359 g/mol. The minimum absolute atomic E-state index is 0.0952. The lowest BCUT2D eigenvalue weighted by Gasteiger charge is -2.34. The summed E-state index contributed by atoms with van der Waals surface area (Å²) in [6.07, 6.45) is 2.55. The third-order valence-corrected chi connectivity index (χ3v) is 4.71. The van der Waals surface area contributed by atoms with Crippen molar-refractivity contribution in [2.24, 2.45) is 0 Å². The number of carbonyl (C=O) groups excluding carboxylic acids is 3. The topological polar surface area (TPSA) is 79.8 Å². The molecule has 1 aliphatic heterocycles. The minimum Gasteiger partial charge on any atom is -0.444 e. The summed E-state index contributed by atoms with van der Waals surface area (Å²) >= 11 is 1.27. The van der Waals surface area contributed by atoms with Gasteiger partial charge in [0.05, 0.1) is 0 Å². The van der Waals surface area contributed by atoms with Crippen LogP contribution in [0.4, 0.5) is 9.93 Å². The molecule has 2 aromatic rings. The molecular formula is C17H17N3O4S. The predicted octanol–water partition coefficient (Wildman–Crippen LogP) is 2.43. The summed E-state index contributed by atoms with van der Waals surface area (Å²) in [7, 11) is 0. The van der Waals surface area contributed by atoms with Gasteiger partial charge in [-0.15, -0.1) is 11.3 Å². The number of imide groups is 1. The smallest absolute Gasteiger partial charge is 0.416 e. The first-order valence-electron chi connectivity index (χ1n) is 7.86. The number of rotatable bonds is 5. The summed E-state index contributed by atoms with van der Waals surface area (Å²) in [5.41, 5.74) is 0.842. The summed E-state index contributed by atoms with van der Waals surface area (Å²) in [4.78, 5) is 42.8. The first-order chi connectivity index (χ1) is 12.2. The van der Waals surface area contributed by atoms with E-state index in [1.54, 1.807) is 11.6 Å². The Hall–Kier alpha value is -2.74. The summed E-state index contributed by atoms with van der Waals surface area (Å²) in [5, 5.41) is 2.17. The fourth-order valence-electron chi connectivity index (χ4n) is 2.69. The molecule has 1 saturated heterocycles. The van der Waals surface area contributed by atoms with Gasteiger partial charge in [-0.3, -0.25) is 14.5 Å². The van der Waals surface area contributed by atoms with Gasteiger partial charge in [-0.1, -0.05) is 30.3 Å². The second-order valence-electron chi connectivity index (χ2n) is 5.52. The van der Waals surface area contributed by atoms with Crippen LogP contribution >= 0.6 is 11.3 Å². The molecular weight excluding hydrogens is 342 g/mol. The Balaban J connectivity index is 1.67. The number of thiazole rings is 1. The molecule has 0 saturated carbocycles. The van der Waals surface area contributed by atoms with E-state index in [1.807, 2.05) is 30.3 Å². The summed E-state index contributed by atoms with van der Waals surface area (Å²) < 4.78 is 5.24. The van der Waals surface area contributed by atoms with E-state index in [1.165, 1.54) is 16.2 Å². The Bertz CT molecular complexity index is 736. The van der Waals surface area contributed by atoms with E-state index in [0.717, 1.165) is 10.5 Å². The number of amides is 3. The highest BCUT2D eigenvalue weighted by Gasteiger charge is 2.38. The van der Waals surface area contributed by atoms with Crippen LogP contribution in [0.15, 0.2) is 41.9 Å². The first kappa shape index (κ1) is 17.1. The van der Waals surface area contributed by atoms with Gasteiger partial charge < -0.3 is 4.74 Å². The molecule has 1 aliphatic rings. The number of hydrogen-bond acceptors (Lipinski definition) is 6. The SMILES string of the molecule is O=CN(c1nccs1)C1CCCN(C(=O)OCc2ccccc2)C1=O. The van der Waals surface area contributed by atoms with E-state index in [-0.39, 0.29) is 13.2 Å². The maximum absolute atomic E-state index is 12.7. The number of anilines is 1. The molecule has 1 unspecified atom stereocenters. The molecule has 1 aromatic heterocycles. The van der Waals surface area contributed by atoms with Crippen LogP contribution in [0, 0.1) is 0 Å². The third-order valence-electron chi connectivity index (χ3n) is 3.93. The van der Waals surface area contributed by atoms with Gasteiger partial charge in [0.25, 0.3) is 5.91 Å². The molecule has 1 atom stereocenters. The standard InChI is InChI=1S/C17H17N3O4S/c21-12-20(16-18-8-10-25-16)14-7-4-9-19(15(14)22)17(23)24-11-13-5-2-1-3-6-13/h1-3,5-6,8,10,12,14H,4,7,9,11H2. The molecule has 25 heavy (non-hydrogen) atoms. The van der Waals surface area contributed by atoms with Gasteiger partial charge >= 0.3 is 6.09 Å². The molecule has 8 heteroatoms. The van der Waals surface area contributed by atoms with Crippen LogP contribution in [-0.4, -0.2) is 40.9 Å². The maximum atomic E-state index is 12.7. The second-order valence-corrected chi connectivity index (χ2v) is 6.39. The lowest BCUT2D eigenvalue weighted by Crippen LogP contribution is -2.54. The molecule has 130 valence electrons. The Morgan fingerprint density at radius 1 is 1.40 bits per heavy atom. The molecule has 7 nitrogen and oxygen atoms in total. The van der Waals surface area contributed by atoms with Gasteiger partial charge in [-0.25, -0.2) is 14.7 Å². The number of likely N-dealkylation sites (tertiary alicyclic amines) is 1. The van der Waals surface area contributed by atoms with Crippen LogP contribution in [0.3, 0.4) is 0 Å². The molecule has 3 amide bonds. The van der Waals surface area contributed by atoms with Crippen molar-refractivity contribution in [3.8, 4) is 0 Å². The molecule has 3 rings (SSSR count). The highest BCUT2D eigenvalue weighted by molar-refractivity contribution is 7.13. The van der Waals surface area contributed by atoms with E-state index >= 15 is 0 Å². The van der Waals surface area contributed by atoms with Gasteiger partial charge in [0.1, 0.15) is 12.6 Å². The van der Waals surface area contributed by atoms with Crippen molar-refractivity contribution >= 4 is 34.9 Å². The highest BCUT2D eigenvalue weighted by Crippen LogP contribution is 2.24. The fraction of sp³-hybridized carbons (Fsp3) is 0.294. The maximum Gasteiger partial charge on any atom is 0.416 e. The number of carbonyl (C=O) groups is 3. The normalized spacial score (nSPS) is 17.2. The van der Waals surface area contributed by atoms with Crippen LogP contribution in [-0.2, 0) is 20.9 Å². The van der Waals surface area contributed by atoms with Crippen LogP contribution < -0.4 is 4.90 Å². The van der Waals surface area contributed by atoms with Gasteiger partial charge in [0.15, 0.2) is 5.13 Å². The molecule has 1 aromatic carbocycles. The highest BCUT2D eigenvalue weighted by atomic mass is 32.1. The molecule has 0 radical (unpaired) electrons. The van der Waals surface area contributed by atoms with Crippen molar-refractivity contribution in [1.82, 2.24) is 9.88 Å². The molecule has 2 heterocycles. The zero-order valence-electron chi connectivity index (χ0n) is 13.4. The number of hydrogen-bond donors (Lipinski definition) is 0. The van der Waals surface area contributed by atoms with Crippen LogP contribution in [0.1, 0.15) is 18.4 Å². The molecule has 0 spiro atoms. The molecule has 0 bridgehead atoms. The second kappa shape index (κ2) is 7.89. The summed E-state index contributed by atoms with van der Waals surface area (Å²) in [5.74, 6) is -0.438. The number of aromatic nitrogens is 1. The van der Waals surface area contributed by atoms with Gasteiger partial charge in [-0.05, 0) is 18.4 Å². The van der Waals surface area contributed by atoms with E-state index in [9.17, 15) is 14.4 Å². The van der Waals surface area contributed by atoms with Crippen LogP contribution in [0.5, 0.6) is 0 Å². The number of benzene rings is 1. The van der Waals surface area contributed by atoms with E-state index in [0.29, 0.717) is 24.4 Å². The van der Waals surface area contributed by atoms with E-state index < -0.39 is 18.0 Å². The van der Waals surface area contributed by atoms with Crippen molar-refractivity contribution in [1.29, 1.82) is 0 Å². The Labute approximate surface area is 148 Å². The molecule has 1 fully saturated rings. The fourth-order valence-corrected chi connectivity index (χ4v) is 3.35. The van der Waals surface area contributed by atoms with Gasteiger partial charge in [-0.2, -0.15) is 0 Å². The largest absolute Gasteiger partial charge is 0.444 e. The predicted molar refractivity (Wildman–Crippen MR) is 92.0 cm³/mol. The number of nitrogens with zero attached hydrogens (tertiary/aromatic N) is 3. The quantitative estimate of drug-likeness (QED) is 0.766. The molecule has 0 aliphatic carbocycles. The van der Waals surface area contributed by atoms with Crippen molar-refractivity contribution < 1.29 is 19.1 Å². The summed E-state index contributed by atoms with van der Waals surface area (Å²) in [6.45, 7) is 0.380. The first-order valence-corrected chi connectivity index (χ1v) is 8.74. The van der Waals surface area contributed by atoms with Crippen molar-refractivity contribution in [3.63, 3.8) is 0 Å². The Morgan fingerprint density at radius 3 is 2.88 bits per heavy atom. The van der Waals surface area contributed by atoms with Gasteiger partial charge in [0.2, 0.25) is 6.41 Å². The zero-order valence-corrected chi connectivity index (χ0v) is 14.2. The average Bonchev–Trinajstić information content (AvgIpc) is 3.17. The van der Waals surface area contributed by atoms with Crippen LogP contribution in [0.2, 0.25) is 0 Å². The van der Waals surface area contributed by atoms with E-state index in [2.05, 4.69) is 4.98 Å². The lowest BCUT2D eigenvalue weighted by molar-refractivity contribution is -0.134.